The minimum absolute atomic E-state index is 0.0261. The van der Waals surface area contributed by atoms with Gasteiger partial charge in [0.1, 0.15) is 0 Å². The summed E-state index contributed by atoms with van der Waals surface area (Å²) in [5, 5.41) is 3.56. The number of nitrogens with one attached hydrogen (secondary N) is 1. The molecule has 32 heavy (non-hydrogen) atoms. The van der Waals surface area contributed by atoms with Crippen molar-refractivity contribution in [2.24, 2.45) is 0 Å². The molecule has 0 amide bonds. The number of fused-ring (bicyclic) bond motifs is 2. The van der Waals surface area contributed by atoms with Crippen LogP contribution in [0.15, 0.2) is 95.7 Å². The number of allylic oxidation sites excluding steroid dienone is 3. The second-order valence-corrected chi connectivity index (χ2v) is 8.96. The summed E-state index contributed by atoms with van der Waals surface area (Å²) >= 11 is 0. The maximum atomic E-state index is 13.6. The molecule has 0 bridgehead atoms. The van der Waals surface area contributed by atoms with Crippen LogP contribution in [0.5, 0.6) is 0 Å². The van der Waals surface area contributed by atoms with Crippen molar-refractivity contribution in [1.29, 1.82) is 0 Å². The van der Waals surface area contributed by atoms with Gasteiger partial charge in [0, 0.05) is 40.3 Å². The Bertz CT molecular complexity index is 1330. The van der Waals surface area contributed by atoms with Crippen molar-refractivity contribution in [2.75, 3.05) is 0 Å². The molecule has 0 fully saturated rings. The first kappa shape index (κ1) is 19.0. The lowest BCUT2D eigenvalue weighted by Crippen LogP contribution is -2.33. The van der Waals surface area contributed by atoms with Crippen LogP contribution in [0.25, 0.3) is 5.70 Å². The second-order valence-electron chi connectivity index (χ2n) is 8.96. The molecule has 3 heteroatoms. The normalized spacial score (nSPS) is 21.8. The molecule has 2 aliphatic carbocycles. The first-order valence-electron chi connectivity index (χ1n) is 11.1. The summed E-state index contributed by atoms with van der Waals surface area (Å²) in [5.41, 5.74) is 8.31. The lowest BCUT2D eigenvalue weighted by atomic mass is 9.71. The van der Waals surface area contributed by atoms with Crippen molar-refractivity contribution in [1.82, 2.24) is 5.32 Å². The van der Waals surface area contributed by atoms with Crippen molar-refractivity contribution in [2.45, 2.75) is 31.6 Å². The molecule has 6 rings (SSSR count). The highest BCUT2D eigenvalue weighted by atomic mass is 16.1. The Balaban J connectivity index is 1.52. The Hall–Kier alpha value is -3.72. The van der Waals surface area contributed by atoms with Crippen molar-refractivity contribution in [3.05, 3.63) is 124 Å². The number of dihydropyridines is 1. The molecule has 156 valence electrons. The minimum atomic E-state index is -0.328. The summed E-state index contributed by atoms with van der Waals surface area (Å²) in [6, 6.07) is 26.3. The van der Waals surface area contributed by atoms with Gasteiger partial charge in [-0.05, 0) is 30.4 Å². The van der Waals surface area contributed by atoms with Crippen LogP contribution >= 0.6 is 0 Å². The molecule has 0 unspecified atom stereocenters. The quantitative estimate of drug-likeness (QED) is 0.583. The molecule has 3 nitrogen and oxygen atoms in total. The number of carbonyl (C=O) groups excluding carboxylic acids is 2. The van der Waals surface area contributed by atoms with E-state index in [0.717, 1.165) is 40.1 Å². The topological polar surface area (TPSA) is 46.2 Å². The summed E-state index contributed by atoms with van der Waals surface area (Å²) in [7, 11) is 0. The van der Waals surface area contributed by atoms with Crippen LogP contribution in [0.1, 0.15) is 57.3 Å². The van der Waals surface area contributed by atoms with Crippen LogP contribution in [0, 0.1) is 6.92 Å². The summed E-state index contributed by atoms with van der Waals surface area (Å²) < 4.78 is 0. The van der Waals surface area contributed by atoms with Crippen LogP contribution in [-0.2, 0) is 4.79 Å². The third-order valence-electron chi connectivity index (χ3n) is 7.00. The van der Waals surface area contributed by atoms with Crippen LogP contribution in [-0.4, -0.2) is 11.6 Å². The zero-order chi connectivity index (χ0) is 21.8. The van der Waals surface area contributed by atoms with E-state index in [0.29, 0.717) is 17.6 Å². The highest BCUT2D eigenvalue weighted by molar-refractivity contribution is 6.23. The number of ketones is 2. The number of benzene rings is 3. The lowest BCUT2D eigenvalue weighted by molar-refractivity contribution is -0.116. The predicted octanol–water partition coefficient (Wildman–Crippen LogP) is 5.69. The number of carbonyl (C=O) groups is 2. The van der Waals surface area contributed by atoms with Gasteiger partial charge in [-0.25, -0.2) is 0 Å². The zero-order valence-corrected chi connectivity index (χ0v) is 17.9. The van der Waals surface area contributed by atoms with E-state index in [9.17, 15) is 9.59 Å². The smallest absolute Gasteiger partial charge is 0.192 e. The van der Waals surface area contributed by atoms with Gasteiger partial charge in [-0.15, -0.1) is 0 Å². The Morgan fingerprint density at radius 1 is 0.719 bits per heavy atom. The van der Waals surface area contributed by atoms with Crippen LogP contribution in [0.4, 0.5) is 0 Å². The van der Waals surface area contributed by atoms with Gasteiger partial charge in [0.25, 0.3) is 0 Å². The fraction of sp³-hybridized carbons (Fsp3) is 0.172. The van der Waals surface area contributed by atoms with Crippen molar-refractivity contribution in [3.8, 4) is 0 Å². The highest BCUT2D eigenvalue weighted by Crippen LogP contribution is 2.50. The van der Waals surface area contributed by atoms with E-state index in [1.807, 2.05) is 49.4 Å². The molecule has 3 aromatic carbocycles. The maximum Gasteiger partial charge on any atom is 0.192 e. The summed E-state index contributed by atoms with van der Waals surface area (Å²) in [5.74, 6) is -0.0271. The third kappa shape index (κ3) is 2.81. The van der Waals surface area contributed by atoms with Gasteiger partial charge in [-0.3, -0.25) is 9.59 Å². The molecule has 0 saturated carbocycles. The van der Waals surface area contributed by atoms with Crippen molar-refractivity contribution in [3.63, 3.8) is 0 Å². The summed E-state index contributed by atoms with van der Waals surface area (Å²) in [6.07, 6.45) is 1.23. The molecular formula is C29H23NO2. The van der Waals surface area contributed by atoms with Gasteiger partial charge in [-0.2, -0.15) is 0 Å². The number of Topliss-reactive ketones (excluding diaryl/α,β-unsaturated/α-hetero) is 2. The number of hydrogen-bond acceptors (Lipinski definition) is 3. The number of rotatable bonds is 2. The molecule has 1 heterocycles. The fourth-order valence-corrected chi connectivity index (χ4v) is 5.45. The van der Waals surface area contributed by atoms with E-state index in [-0.39, 0.29) is 23.4 Å². The molecule has 0 aromatic heterocycles. The number of aryl methyl sites for hydroxylation is 1. The molecule has 3 aromatic rings. The van der Waals surface area contributed by atoms with Gasteiger partial charge in [0.05, 0.1) is 5.70 Å². The van der Waals surface area contributed by atoms with Gasteiger partial charge in [0.2, 0.25) is 0 Å². The maximum absolute atomic E-state index is 13.6. The van der Waals surface area contributed by atoms with Gasteiger partial charge in [0.15, 0.2) is 11.6 Å². The van der Waals surface area contributed by atoms with E-state index >= 15 is 0 Å². The van der Waals surface area contributed by atoms with Gasteiger partial charge < -0.3 is 5.32 Å². The summed E-state index contributed by atoms with van der Waals surface area (Å²) in [6.45, 7) is 2.05. The monoisotopic (exact) mass is 417 g/mol. The Morgan fingerprint density at radius 3 is 2.16 bits per heavy atom. The molecule has 2 atom stereocenters. The first-order valence-corrected chi connectivity index (χ1v) is 11.1. The first-order chi connectivity index (χ1) is 15.6. The van der Waals surface area contributed by atoms with E-state index in [1.165, 1.54) is 5.56 Å². The lowest BCUT2D eigenvalue weighted by Gasteiger charge is -2.36. The third-order valence-corrected chi connectivity index (χ3v) is 7.00. The molecule has 0 radical (unpaired) electrons. The standard InChI is InChI=1S/C29H23NO2/c1-17-11-13-19(14-12-17)25-26-23(15-20(16-24(26)31)18-7-3-2-4-8-18)30-28-21-9-5-6-10-22(21)29(32)27(25)28/h2-14,20,25,30H,15-16H2,1H3/t20-,25+/m1/s1. The molecule has 0 saturated heterocycles. The predicted molar refractivity (Wildman–Crippen MR) is 125 cm³/mol. The Labute approximate surface area is 187 Å². The van der Waals surface area contributed by atoms with Gasteiger partial charge in [-0.1, -0.05) is 84.4 Å². The van der Waals surface area contributed by atoms with Crippen LogP contribution in [0.3, 0.4) is 0 Å². The average Bonchev–Trinajstić information content (AvgIpc) is 3.11. The fourth-order valence-electron chi connectivity index (χ4n) is 5.45. The highest BCUT2D eigenvalue weighted by Gasteiger charge is 2.45. The minimum Gasteiger partial charge on any atom is -0.358 e. The average molecular weight is 418 g/mol. The van der Waals surface area contributed by atoms with Gasteiger partial charge >= 0.3 is 0 Å². The molecule has 0 spiro atoms. The van der Waals surface area contributed by atoms with Crippen molar-refractivity contribution < 1.29 is 9.59 Å². The van der Waals surface area contributed by atoms with E-state index in [1.54, 1.807) is 0 Å². The second kappa shape index (κ2) is 7.16. The van der Waals surface area contributed by atoms with Crippen LogP contribution in [0.2, 0.25) is 0 Å². The van der Waals surface area contributed by atoms with Crippen molar-refractivity contribution >= 4 is 17.3 Å². The molecule has 3 aliphatic rings. The Morgan fingerprint density at radius 2 is 1.41 bits per heavy atom. The largest absolute Gasteiger partial charge is 0.358 e. The van der Waals surface area contributed by atoms with Crippen LogP contribution < -0.4 is 5.32 Å². The molecule has 1 aliphatic heterocycles. The zero-order valence-electron chi connectivity index (χ0n) is 17.9. The van der Waals surface area contributed by atoms with E-state index in [2.05, 4.69) is 41.7 Å². The SMILES string of the molecule is Cc1ccc([C@H]2C3=C(C[C@@H](c4ccccc4)CC3=O)NC3=C2C(=O)c2ccccc23)cc1. The number of hydrogen-bond donors (Lipinski definition) is 1. The van der Waals surface area contributed by atoms with E-state index < -0.39 is 0 Å². The van der Waals surface area contributed by atoms with E-state index in [4.69, 9.17) is 0 Å². The molecule has 1 N–H and O–H groups in total. The summed E-state index contributed by atoms with van der Waals surface area (Å²) in [4.78, 5) is 27.1. The Kier molecular flexibility index (Phi) is 4.25. The molecular weight excluding hydrogens is 394 g/mol.